The normalized spacial score (nSPS) is 11.5. The summed E-state index contributed by atoms with van der Waals surface area (Å²) in [5.74, 6) is 0.662. The summed E-state index contributed by atoms with van der Waals surface area (Å²) in [5, 5.41) is 5.92. The van der Waals surface area contributed by atoms with Crippen LogP contribution >= 0.6 is 0 Å². The molecule has 2 N–H and O–H groups in total. The molecule has 0 saturated heterocycles. The molecule has 10 heteroatoms. The Balaban J connectivity index is 1.89. The van der Waals surface area contributed by atoms with Crippen molar-refractivity contribution in [1.29, 1.82) is 0 Å². The fourth-order valence-corrected chi connectivity index (χ4v) is 3.32. The van der Waals surface area contributed by atoms with Gasteiger partial charge in [0.05, 0.1) is 31.1 Å². The number of amides is 1. The molecular weight excluding hydrogens is 448 g/mol. The van der Waals surface area contributed by atoms with Gasteiger partial charge < -0.3 is 24.7 Å². The van der Waals surface area contributed by atoms with Crippen LogP contribution in [-0.2, 0) is 16.1 Å². The highest BCUT2D eigenvalue weighted by atomic mass is 16.5. The Morgan fingerprint density at radius 3 is 2.57 bits per heavy atom. The maximum Gasteiger partial charge on any atom is 0.293 e. The standard InChI is InChI=1S/C25H34N6O4/c1-6-12-35-13-11-31-20-14-18(17-7-8-21(34-5)29-15-17)28-16-19(20)30-22(23(31)32)26-9-10-27-24(33)25(2,3)4/h7-8,14-16H,6,9-13H2,1-5H3,(H,26,30)(H,27,33). The van der Waals surface area contributed by atoms with Crippen LogP contribution in [0.1, 0.15) is 34.1 Å². The number of hydrogen-bond acceptors (Lipinski definition) is 8. The predicted molar refractivity (Wildman–Crippen MR) is 136 cm³/mol. The van der Waals surface area contributed by atoms with Gasteiger partial charge in [-0.3, -0.25) is 14.6 Å². The van der Waals surface area contributed by atoms with Gasteiger partial charge in [-0.25, -0.2) is 9.97 Å². The van der Waals surface area contributed by atoms with Crippen LogP contribution in [0.25, 0.3) is 22.3 Å². The Morgan fingerprint density at radius 1 is 1.11 bits per heavy atom. The molecule has 1 amide bonds. The molecule has 3 aromatic heterocycles. The summed E-state index contributed by atoms with van der Waals surface area (Å²) in [6, 6.07) is 5.46. The SMILES string of the molecule is CCCOCCn1c(=O)c(NCCNC(=O)C(C)(C)C)nc2cnc(-c3ccc(OC)nc3)cc21. The summed E-state index contributed by atoms with van der Waals surface area (Å²) in [5.41, 5.74) is 1.96. The lowest BCUT2D eigenvalue weighted by Crippen LogP contribution is -2.38. The smallest absolute Gasteiger partial charge is 0.293 e. The molecule has 10 nitrogen and oxygen atoms in total. The zero-order valence-electron chi connectivity index (χ0n) is 21.1. The second-order valence-electron chi connectivity index (χ2n) is 9.11. The van der Waals surface area contributed by atoms with Gasteiger partial charge in [-0.15, -0.1) is 0 Å². The van der Waals surface area contributed by atoms with Crippen molar-refractivity contribution in [2.75, 3.05) is 38.7 Å². The minimum Gasteiger partial charge on any atom is -0.481 e. The number of carbonyl (C=O) groups excluding carboxylic acids is 1. The lowest BCUT2D eigenvalue weighted by molar-refractivity contribution is -0.128. The number of ether oxygens (including phenoxy) is 2. The number of nitrogens with zero attached hydrogens (tertiary/aromatic N) is 4. The van der Waals surface area contributed by atoms with Crippen LogP contribution in [0.2, 0.25) is 0 Å². The first-order chi connectivity index (χ1) is 16.7. The van der Waals surface area contributed by atoms with Crippen molar-refractivity contribution in [1.82, 2.24) is 24.8 Å². The summed E-state index contributed by atoms with van der Waals surface area (Å²) >= 11 is 0. The molecule has 188 valence electrons. The number of fused-ring (bicyclic) bond motifs is 1. The van der Waals surface area contributed by atoms with Gasteiger partial charge in [-0.05, 0) is 18.6 Å². The van der Waals surface area contributed by atoms with E-state index in [0.29, 0.717) is 55.5 Å². The van der Waals surface area contributed by atoms with Crippen molar-refractivity contribution < 1.29 is 14.3 Å². The van der Waals surface area contributed by atoms with Gasteiger partial charge in [0.15, 0.2) is 5.82 Å². The number of carbonyl (C=O) groups is 1. The van der Waals surface area contributed by atoms with Crippen molar-refractivity contribution in [3.05, 3.63) is 40.9 Å². The molecule has 0 aliphatic heterocycles. The van der Waals surface area contributed by atoms with Gasteiger partial charge in [0, 0.05) is 49.5 Å². The molecular formula is C25H34N6O4. The van der Waals surface area contributed by atoms with E-state index in [1.165, 1.54) is 0 Å². The third-order valence-corrected chi connectivity index (χ3v) is 5.27. The fraction of sp³-hybridized carbons (Fsp3) is 0.480. The number of hydrogen-bond donors (Lipinski definition) is 2. The van der Waals surface area contributed by atoms with E-state index in [9.17, 15) is 9.59 Å². The van der Waals surface area contributed by atoms with Gasteiger partial charge in [0.2, 0.25) is 11.8 Å². The van der Waals surface area contributed by atoms with E-state index in [0.717, 1.165) is 12.0 Å². The summed E-state index contributed by atoms with van der Waals surface area (Å²) in [6.07, 6.45) is 4.22. The summed E-state index contributed by atoms with van der Waals surface area (Å²) in [4.78, 5) is 38.7. The number of anilines is 1. The fourth-order valence-electron chi connectivity index (χ4n) is 3.32. The van der Waals surface area contributed by atoms with E-state index in [1.807, 2.05) is 39.8 Å². The van der Waals surface area contributed by atoms with E-state index in [1.54, 1.807) is 30.1 Å². The van der Waals surface area contributed by atoms with E-state index in [4.69, 9.17) is 9.47 Å². The molecule has 35 heavy (non-hydrogen) atoms. The highest BCUT2D eigenvalue weighted by Gasteiger charge is 2.20. The Morgan fingerprint density at radius 2 is 1.91 bits per heavy atom. The van der Waals surface area contributed by atoms with E-state index in [2.05, 4.69) is 25.6 Å². The van der Waals surface area contributed by atoms with Crippen LogP contribution in [0.15, 0.2) is 35.4 Å². The molecule has 3 heterocycles. The number of nitrogens with one attached hydrogen (secondary N) is 2. The zero-order valence-corrected chi connectivity index (χ0v) is 21.1. The zero-order chi connectivity index (χ0) is 25.4. The van der Waals surface area contributed by atoms with Crippen LogP contribution < -0.4 is 20.9 Å². The second-order valence-corrected chi connectivity index (χ2v) is 9.11. The molecule has 0 aliphatic rings. The minimum absolute atomic E-state index is 0.0546. The van der Waals surface area contributed by atoms with Crippen molar-refractivity contribution in [2.45, 2.75) is 40.7 Å². The number of aromatic nitrogens is 4. The van der Waals surface area contributed by atoms with E-state index < -0.39 is 5.41 Å². The third kappa shape index (κ3) is 6.75. The van der Waals surface area contributed by atoms with Crippen LogP contribution in [0.4, 0.5) is 5.82 Å². The molecule has 0 radical (unpaired) electrons. The third-order valence-electron chi connectivity index (χ3n) is 5.27. The second kappa shape index (κ2) is 11.7. The Labute approximate surface area is 205 Å². The number of methoxy groups -OCH3 is 1. The molecule has 0 saturated carbocycles. The first-order valence-corrected chi connectivity index (χ1v) is 11.8. The highest BCUT2D eigenvalue weighted by molar-refractivity contribution is 5.81. The lowest BCUT2D eigenvalue weighted by atomic mass is 9.96. The summed E-state index contributed by atoms with van der Waals surface area (Å²) in [7, 11) is 1.56. The molecule has 0 aromatic carbocycles. The lowest BCUT2D eigenvalue weighted by Gasteiger charge is -2.18. The Bertz CT molecular complexity index is 1200. The first kappa shape index (κ1) is 26.1. The first-order valence-electron chi connectivity index (χ1n) is 11.8. The maximum absolute atomic E-state index is 13.3. The van der Waals surface area contributed by atoms with Gasteiger partial charge in [-0.1, -0.05) is 27.7 Å². The molecule has 3 rings (SSSR count). The predicted octanol–water partition coefficient (Wildman–Crippen LogP) is 2.86. The van der Waals surface area contributed by atoms with Gasteiger partial charge in [0.25, 0.3) is 5.56 Å². The minimum atomic E-state index is -0.477. The number of rotatable bonds is 11. The molecule has 0 fully saturated rings. The molecule has 0 aliphatic carbocycles. The van der Waals surface area contributed by atoms with Gasteiger partial charge in [-0.2, -0.15) is 0 Å². The summed E-state index contributed by atoms with van der Waals surface area (Å²) < 4.78 is 12.4. The largest absolute Gasteiger partial charge is 0.481 e. The Kier molecular flexibility index (Phi) is 8.75. The van der Waals surface area contributed by atoms with E-state index >= 15 is 0 Å². The quantitative estimate of drug-likeness (QED) is 0.400. The number of pyridine rings is 2. The van der Waals surface area contributed by atoms with Crippen LogP contribution in [-0.4, -0.2) is 58.8 Å². The van der Waals surface area contributed by atoms with Crippen molar-refractivity contribution in [2.24, 2.45) is 5.41 Å². The topological polar surface area (TPSA) is 120 Å². The molecule has 0 atom stereocenters. The van der Waals surface area contributed by atoms with Crippen molar-refractivity contribution >= 4 is 22.8 Å². The van der Waals surface area contributed by atoms with Crippen molar-refractivity contribution in [3.63, 3.8) is 0 Å². The maximum atomic E-state index is 13.3. The van der Waals surface area contributed by atoms with Gasteiger partial charge in [0.1, 0.15) is 5.52 Å². The highest BCUT2D eigenvalue weighted by Crippen LogP contribution is 2.22. The Hall–Kier alpha value is -3.53. The van der Waals surface area contributed by atoms with Crippen LogP contribution in [0.5, 0.6) is 5.88 Å². The summed E-state index contributed by atoms with van der Waals surface area (Å²) in [6.45, 7) is 9.72. The van der Waals surface area contributed by atoms with E-state index in [-0.39, 0.29) is 17.3 Å². The monoisotopic (exact) mass is 482 g/mol. The molecule has 0 unspecified atom stereocenters. The average Bonchev–Trinajstić information content (AvgIpc) is 2.85. The average molecular weight is 483 g/mol. The van der Waals surface area contributed by atoms with Gasteiger partial charge >= 0.3 is 0 Å². The molecule has 0 bridgehead atoms. The van der Waals surface area contributed by atoms with Crippen LogP contribution in [0.3, 0.4) is 0 Å². The van der Waals surface area contributed by atoms with Crippen molar-refractivity contribution in [3.8, 4) is 17.1 Å². The molecule has 3 aromatic rings. The van der Waals surface area contributed by atoms with Crippen LogP contribution in [0, 0.1) is 5.41 Å². The molecule has 0 spiro atoms.